The molecule has 3 rings (SSSR count). The van der Waals surface area contributed by atoms with Crippen molar-refractivity contribution in [3.63, 3.8) is 0 Å². The molecule has 2 heterocycles. The molecular weight excluding hydrogens is 284 g/mol. The third-order valence-electron chi connectivity index (χ3n) is 3.41. The van der Waals surface area contributed by atoms with Gasteiger partial charge in [-0.15, -0.1) is 0 Å². The van der Waals surface area contributed by atoms with Gasteiger partial charge in [0.15, 0.2) is 0 Å². The van der Waals surface area contributed by atoms with E-state index in [1.807, 2.05) is 35.8 Å². The summed E-state index contributed by atoms with van der Waals surface area (Å²) in [5.41, 5.74) is 2.63. The summed E-state index contributed by atoms with van der Waals surface area (Å²) < 4.78 is 1.97. The van der Waals surface area contributed by atoms with Crippen LogP contribution in [-0.2, 0) is 5.41 Å². The van der Waals surface area contributed by atoms with Crippen LogP contribution in [0.4, 0.5) is 0 Å². The zero-order valence-electron chi connectivity index (χ0n) is 12.6. The normalized spacial score (nSPS) is 12.0. The van der Waals surface area contributed by atoms with Gasteiger partial charge in [0.25, 0.3) is 0 Å². The van der Waals surface area contributed by atoms with Crippen molar-refractivity contribution in [1.29, 1.82) is 0 Å². The average molecular weight is 301 g/mol. The Hall–Kier alpha value is -1.94. The van der Waals surface area contributed by atoms with Gasteiger partial charge < -0.3 is 0 Å². The Morgan fingerprint density at radius 3 is 2.52 bits per heavy atom. The lowest BCUT2D eigenvalue weighted by molar-refractivity contribution is 0.543. The van der Waals surface area contributed by atoms with Gasteiger partial charge in [-0.3, -0.25) is 4.57 Å². The molecule has 0 radical (unpaired) electrons. The van der Waals surface area contributed by atoms with Gasteiger partial charge in [0.2, 0.25) is 0 Å². The minimum absolute atomic E-state index is 0.164. The Morgan fingerprint density at radius 1 is 1.10 bits per heavy atom. The summed E-state index contributed by atoms with van der Waals surface area (Å²) in [5.74, 6) is 1.51. The van der Waals surface area contributed by atoms with Gasteiger partial charge in [-0.2, -0.15) is 0 Å². The molecule has 0 saturated heterocycles. The molecule has 0 unspecified atom stereocenters. The molecule has 0 aliphatic heterocycles. The van der Waals surface area contributed by atoms with E-state index >= 15 is 0 Å². The highest BCUT2D eigenvalue weighted by molar-refractivity contribution is 6.30. The fourth-order valence-corrected chi connectivity index (χ4v) is 2.34. The highest BCUT2D eigenvalue weighted by Gasteiger charge is 2.21. The highest BCUT2D eigenvalue weighted by Crippen LogP contribution is 2.27. The topological polar surface area (TPSA) is 43.6 Å². The molecule has 0 aliphatic rings. The maximum atomic E-state index is 6.31. The lowest BCUT2D eigenvalue weighted by atomic mass is 9.95. The predicted molar refractivity (Wildman–Crippen MR) is 85.1 cm³/mol. The molecule has 5 heteroatoms. The van der Waals surface area contributed by atoms with Crippen molar-refractivity contribution < 1.29 is 0 Å². The smallest absolute Gasteiger partial charge is 0.146 e. The van der Waals surface area contributed by atoms with Crippen LogP contribution in [0.15, 0.2) is 30.6 Å². The molecule has 0 fully saturated rings. The number of hydrogen-bond donors (Lipinski definition) is 0. The predicted octanol–water partition coefficient (Wildman–Crippen LogP) is 4.07. The third-order valence-corrected chi connectivity index (χ3v) is 3.78. The van der Waals surface area contributed by atoms with E-state index in [2.05, 4.69) is 30.7 Å². The van der Waals surface area contributed by atoms with Crippen molar-refractivity contribution in [3.8, 4) is 5.82 Å². The zero-order valence-corrected chi connectivity index (χ0v) is 13.3. The minimum Gasteiger partial charge on any atom is -0.283 e. The number of fused-ring (bicyclic) bond motifs is 1. The van der Waals surface area contributed by atoms with Gasteiger partial charge in [-0.1, -0.05) is 44.5 Å². The van der Waals surface area contributed by atoms with Crippen molar-refractivity contribution in [2.24, 2.45) is 0 Å². The van der Waals surface area contributed by atoms with Crippen molar-refractivity contribution in [3.05, 3.63) is 47.1 Å². The summed E-state index contributed by atoms with van der Waals surface area (Å²) in [4.78, 5) is 13.6. The Labute approximate surface area is 128 Å². The molecule has 3 aromatic rings. The number of aromatic nitrogens is 4. The van der Waals surface area contributed by atoms with Gasteiger partial charge >= 0.3 is 0 Å². The largest absolute Gasteiger partial charge is 0.283 e. The quantitative estimate of drug-likeness (QED) is 0.636. The second-order valence-electron chi connectivity index (χ2n) is 6.14. The number of imidazole rings is 1. The van der Waals surface area contributed by atoms with Crippen LogP contribution in [0.1, 0.15) is 32.2 Å². The van der Waals surface area contributed by atoms with E-state index in [1.54, 1.807) is 6.33 Å². The van der Waals surface area contributed by atoms with E-state index in [9.17, 15) is 0 Å². The summed E-state index contributed by atoms with van der Waals surface area (Å²) in [6.45, 7) is 8.15. The zero-order chi connectivity index (χ0) is 15.2. The molecule has 1 aromatic carbocycles. The number of rotatable bonds is 1. The summed E-state index contributed by atoms with van der Waals surface area (Å²) in [5, 5.41) is 0.489. The second-order valence-corrected chi connectivity index (χ2v) is 6.50. The first-order chi connectivity index (χ1) is 9.88. The fraction of sp³-hybridized carbons (Fsp3) is 0.312. The standard InChI is InChI=1S/C16H17ClN4/c1-10-13(17)19-15(16(2,3)4)20-14(10)21-9-18-11-7-5-6-8-12(11)21/h5-9H,1-4H3. The van der Waals surface area contributed by atoms with Crippen LogP contribution < -0.4 is 0 Å². The van der Waals surface area contributed by atoms with Crippen LogP contribution in [-0.4, -0.2) is 19.5 Å². The van der Waals surface area contributed by atoms with Crippen molar-refractivity contribution in [1.82, 2.24) is 19.5 Å². The van der Waals surface area contributed by atoms with Crippen LogP contribution >= 0.6 is 11.6 Å². The van der Waals surface area contributed by atoms with E-state index in [0.29, 0.717) is 5.15 Å². The van der Waals surface area contributed by atoms with E-state index < -0.39 is 0 Å². The van der Waals surface area contributed by atoms with Crippen LogP contribution in [0.5, 0.6) is 0 Å². The molecule has 0 spiro atoms. The first-order valence-electron chi connectivity index (χ1n) is 6.85. The Bertz CT molecular complexity index is 815. The van der Waals surface area contributed by atoms with Crippen LogP contribution in [0, 0.1) is 6.92 Å². The monoisotopic (exact) mass is 300 g/mol. The number of benzene rings is 1. The van der Waals surface area contributed by atoms with Gasteiger partial charge in [-0.25, -0.2) is 15.0 Å². The third kappa shape index (κ3) is 2.40. The molecule has 108 valence electrons. The molecule has 4 nitrogen and oxygen atoms in total. The molecule has 2 aromatic heterocycles. The van der Waals surface area contributed by atoms with E-state index in [-0.39, 0.29) is 5.41 Å². The average Bonchev–Trinajstić information content (AvgIpc) is 2.84. The molecule has 0 aliphatic carbocycles. The number of nitrogens with zero attached hydrogens (tertiary/aromatic N) is 4. The molecule has 0 N–H and O–H groups in total. The molecule has 0 saturated carbocycles. The van der Waals surface area contributed by atoms with Gasteiger partial charge in [-0.05, 0) is 19.1 Å². The number of para-hydroxylation sites is 2. The lowest BCUT2D eigenvalue weighted by Crippen LogP contribution is -2.18. The van der Waals surface area contributed by atoms with Gasteiger partial charge in [0, 0.05) is 11.0 Å². The summed E-state index contributed by atoms with van der Waals surface area (Å²) >= 11 is 6.31. The van der Waals surface area contributed by atoms with Crippen molar-refractivity contribution in [2.75, 3.05) is 0 Å². The van der Waals surface area contributed by atoms with Crippen molar-refractivity contribution >= 4 is 22.6 Å². The van der Waals surface area contributed by atoms with Crippen LogP contribution in [0.3, 0.4) is 0 Å². The first kappa shape index (κ1) is 14.0. The lowest BCUT2D eigenvalue weighted by Gasteiger charge is -2.19. The fourth-order valence-electron chi connectivity index (χ4n) is 2.18. The van der Waals surface area contributed by atoms with Gasteiger partial charge in [0.1, 0.15) is 23.1 Å². The summed E-state index contributed by atoms with van der Waals surface area (Å²) in [7, 11) is 0. The first-order valence-corrected chi connectivity index (χ1v) is 7.23. The highest BCUT2D eigenvalue weighted by atomic mass is 35.5. The van der Waals surface area contributed by atoms with Crippen molar-refractivity contribution in [2.45, 2.75) is 33.1 Å². The number of halogens is 1. The summed E-state index contributed by atoms with van der Waals surface area (Å²) in [6.07, 6.45) is 1.78. The maximum absolute atomic E-state index is 6.31. The van der Waals surface area contributed by atoms with E-state index in [0.717, 1.165) is 28.2 Å². The number of hydrogen-bond acceptors (Lipinski definition) is 3. The molecule has 0 amide bonds. The Kier molecular flexibility index (Phi) is 3.21. The SMILES string of the molecule is Cc1c(Cl)nc(C(C)(C)C)nc1-n1cnc2ccccc21. The second kappa shape index (κ2) is 4.81. The van der Waals surface area contributed by atoms with E-state index in [4.69, 9.17) is 16.6 Å². The molecule has 21 heavy (non-hydrogen) atoms. The van der Waals surface area contributed by atoms with Crippen LogP contribution in [0.25, 0.3) is 16.9 Å². The summed E-state index contributed by atoms with van der Waals surface area (Å²) in [6, 6.07) is 7.96. The minimum atomic E-state index is -0.164. The molecule has 0 bridgehead atoms. The maximum Gasteiger partial charge on any atom is 0.146 e. The molecular formula is C16H17ClN4. The Morgan fingerprint density at radius 2 is 1.81 bits per heavy atom. The Balaban J connectivity index is 2.29. The van der Waals surface area contributed by atoms with Gasteiger partial charge in [0.05, 0.1) is 11.0 Å². The molecule has 0 atom stereocenters. The van der Waals surface area contributed by atoms with Crippen LogP contribution in [0.2, 0.25) is 5.15 Å². The van der Waals surface area contributed by atoms with E-state index in [1.165, 1.54) is 0 Å².